The van der Waals surface area contributed by atoms with E-state index in [1.807, 2.05) is 12.1 Å². The molecule has 0 bridgehead atoms. The summed E-state index contributed by atoms with van der Waals surface area (Å²) in [5, 5.41) is 3.27. The van der Waals surface area contributed by atoms with E-state index in [0.717, 1.165) is 11.8 Å². The first kappa shape index (κ1) is 13.0. The van der Waals surface area contributed by atoms with Crippen LogP contribution in [0.25, 0.3) is 0 Å². The summed E-state index contributed by atoms with van der Waals surface area (Å²) in [4.78, 5) is 13.3. The summed E-state index contributed by atoms with van der Waals surface area (Å²) in [5.41, 5.74) is 1.25. The van der Waals surface area contributed by atoms with Gasteiger partial charge in [-0.05, 0) is 56.1 Å². The predicted octanol–water partition coefficient (Wildman–Crippen LogP) is 3.39. The first-order valence-corrected chi connectivity index (χ1v) is 8.20. The Bertz CT molecular complexity index is 454. The highest BCUT2D eigenvalue weighted by Gasteiger charge is 2.42. The summed E-state index contributed by atoms with van der Waals surface area (Å²) in [5.74, 6) is 2.30. The molecule has 0 radical (unpaired) electrons. The summed E-state index contributed by atoms with van der Waals surface area (Å²) >= 11 is 1.65. The Hall–Kier alpha value is -0.960. The van der Waals surface area contributed by atoms with Crippen LogP contribution in [0.2, 0.25) is 0 Å². The van der Waals surface area contributed by atoms with E-state index in [0.29, 0.717) is 11.8 Å². The SMILES string of the molecule is Cc1ccccc1SCC(=O)NC(C1CC1)C1CC1. The van der Waals surface area contributed by atoms with Gasteiger partial charge in [0.2, 0.25) is 5.91 Å². The molecule has 1 N–H and O–H groups in total. The molecule has 19 heavy (non-hydrogen) atoms. The number of thioether (sulfide) groups is 1. The van der Waals surface area contributed by atoms with Gasteiger partial charge in [0.05, 0.1) is 5.75 Å². The molecule has 0 saturated heterocycles. The fourth-order valence-electron chi connectivity index (χ4n) is 2.62. The Labute approximate surface area is 119 Å². The number of hydrogen-bond acceptors (Lipinski definition) is 2. The zero-order chi connectivity index (χ0) is 13.2. The van der Waals surface area contributed by atoms with Gasteiger partial charge in [-0.1, -0.05) is 18.2 Å². The van der Waals surface area contributed by atoms with Crippen molar-refractivity contribution in [2.75, 3.05) is 5.75 Å². The second-order valence-corrected chi connectivity index (χ2v) is 6.84. The maximum absolute atomic E-state index is 12.1. The highest BCUT2D eigenvalue weighted by atomic mass is 32.2. The number of carbonyl (C=O) groups is 1. The van der Waals surface area contributed by atoms with Crippen LogP contribution in [0.1, 0.15) is 31.2 Å². The lowest BCUT2D eigenvalue weighted by Gasteiger charge is -2.17. The molecule has 3 heteroatoms. The van der Waals surface area contributed by atoms with E-state index >= 15 is 0 Å². The third-order valence-electron chi connectivity index (χ3n) is 4.04. The summed E-state index contributed by atoms with van der Waals surface area (Å²) in [6.07, 6.45) is 5.25. The highest BCUT2D eigenvalue weighted by Crippen LogP contribution is 2.44. The smallest absolute Gasteiger partial charge is 0.230 e. The summed E-state index contributed by atoms with van der Waals surface area (Å²) in [6, 6.07) is 8.73. The number of nitrogens with one attached hydrogen (secondary N) is 1. The van der Waals surface area contributed by atoms with Crippen molar-refractivity contribution in [1.82, 2.24) is 5.32 Å². The summed E-state index contributed by atoms with van der Waals surface area (Å²) < 4.78 is 0. The van der Waals surface area contributed by atoms with Gasteiger partial charge in [-0.25, -0.2) is 0 Å². The van der Waals surface area contributed by atoms with Gasteiger partial charge in [0.25, 0.3) is 0 Å². The molecule has 2 fully saturated rings. The van der Waals surface area contributed by atoms with Crippen molar-refractivity contribution >= 4 is 17.7 Å². The predicted molar refractivity (Wildman–Crippen MR) is 79.3 cm³/mol. The van der Waals surface area contributed by atoms with Crippen LogP contribution in [0, 0.1) is 18.8 Å². The molecule has 0 aliphatic heterocycles. The Kier molecular flexibility index (Phi) is 3.83. The molecule has 2 aliphatic carbocycles. The molecule has 0 unspecified atom stereocenters. The van der Waals surface area contributed by atoms with Crippen molar-refractivity contribution in [3.05, 3.63) is 29.8 Å². The number of amides is 1. The quantitative estimate of drug-likeness (QED) is 0.806. The van der Waals surface area contributed by atoms with E-state index < -0.39 is 0 Å². The molecule has 0 aromatic heterocycles. The number of hydrogen-bond donors (Lipinski definition) is 1. The maximum Gasteiger partial charge on any atom is 0.230 e. The van der Waals surface area contributed by atoms with Crippen LogP contribution >= 0.6 is 11.8 Å². The molecule has 0 atom stereocenters. The van der Waals surface area contributed by atoms with Crippen LogP contribution < -0.4 is 5.32 Å². The van der Waals surface area contributed by atoms with Crippen molar-refractivity contribution in [3.8, 4) is 0 Å². The summed E-state index contributed by atoms with van der Waals surface area (Å²) in [6.45, 7) is 2.09. The van der Waals surface area contributed by atoms with Gasteiger partial charge in [0.1, 0.15) is 0 Å². The van der Waals surface area contributed by atoms with Gasteiger partial charge in [-0.2, -0.15) is 0 Å². The molecule has 1 aromatic carbocycles. The molecular weight excluding hydrogens is 254 g/mol. The van der Waals surface area contributed by atoms with E-state index in [1.54, 1.807) is 11.8 Å². The highest BCUT2D eigenvalue weighted by molar-refractivity contribution is 8.00. The minimum Gasteiger partial charge on any atom is -0.352 e. The van der Waals surface area contributed by atoms with Gasteiger partial charge < -0.3 is 5.32 Å². The fourth-order valence-corrected chi connectivity index (χ4v) is 3.46. The fraction of sp³-hybridized carbons (Fsp3) is 0.562. The molecule has 2 saturated carbocycles. The van der Waals surface area contributed by atoms with Gasteiger partial charge in [-0.3, -0.25) is 4.79 Å². The van der Waals surface area contributed by atoms with E-state index in [4.69, 9.17) is 0 Å². The molecule has 102 valence electrons. The van der Waals surface area contributed by atoms with Gasteiger partial charge in [0, 0.05) is 10.9 Å². The second-order valence-electron chi connectivity index (χ2n) is 5.82. The number of rotatable bonds is 6. The van der Waals surface area contributed by atoms with Gasteiger partial charge in [0.15, 0.2) is 0 Å². The normalized spacial score (nSPS) is 18.6. The lowest BCUT2D eigenvalue weighted by Crippen LogP contribution is -2.39. The monoisotopic (exact) mass is 275 g/mol. The molecule has 1 aromatic rings. The first-order valence-electron chi connectivity index (χ1n) is 7.22. The van der Waals surface area contributed by atoms with Crippen LogP contribution in [0.15, 0.2) is 29.2 Å². The van der Waals surface area contributed by atoms with Gasteiger partial charge in [-0.15, -0.1) is 11.8 Å². The Balaban J connectivity index is 1.49. The van der Waals surface area contributed by atoms with Crippen LogP contribution in [0.5, 0.6) is 0 Å². The molecule has 3 rings (SSSR count). The van der Waals surface area contributed by atoms with Crippen LogP contribution in [-0.2, 0) is 4.79 Å². The van der Waals surface area contributed by atoms with Crippen LogP contribution in [0.4, 0.5) is 0 Å². The van der Waals surface area contributed by atoms with E-state index in [9.17, 15) is 4.79 Å². The van der Waals surface area contributed by atoms with Crippen LogP contribution in [0.3, 0.4) is 0 Å². The molecule has 0 spiro atoms. The maximum atomic E-state index is 12.1. The zero-order valence-electron chi connectivity index (χ0n) is 11.4. The lowest BCUT2D eigenvalue weighted by molar-refractivity contribution is -0.119. The van der Waals surface area contributed by atoms with E-state index in [1.165, 1.54) is 36.1 Å². The molecule has 0 heterocycles. The van der Waals surface area contributed by atoms with Crippen molar-refractivity contribution < 1.29 is 4.79 Å². The minimum atomic E-state index is 0.206. The zero-order valence-corrected chi connectivity index (χ0v) is 12.2. The van der Waals surface area contributed by atoms with Crippen molar-refractivity contribution in [2.45, 2.75) is 43.5 Å². The molecule has 2 aliphatic rings. The van der Waals surface area contributed by atoms with Crippen molar-refractivity contribution in [3.63, 3.8) is 0 Å². The molecule has 2 nitrogen and oxygen atoms in total. The molecule has 1 amide bonds. The number of aryl methyl sites for hydroxylation is 1. The van der Waals surface area contributed by atoms with Crippen molar-refractivity contribution in [2.24, 2.45) is 11.8 Å². The summed E-state index contributed by atoms with van der Waals surface area (Å²) in [7, 11) is 0. The molecular formula is C16H21NOS. The van der Waals surface area contributed by atoms with Crippen molar-refractivity contribution in [1.29, 1.82) is 0 Å². The standard InChI is InChI=1S/C16H21NOS/c1-11-4-2-3-5-14(11)19-10-15(18)17-16(12-6-7-12)13-8-9-13/h2-5,12-13,16H,6-10H2,1H3,(H,17,18). The van der Waals surface area contributed by atoms with E-state index in [-0.39, 0.29) is 5.91 Å². The lowest BCUT2D eigenvalue weighted by atomic mass is 10.1. The second kappa shape index (κ2) is 5.58. The minimum absolute atomic E-state index is 0.206. The largest absolute Gasteiger partial charge is 0.352 e. The topological polar surface area (TPSA) is 29.1 Å². The van der Waals surface area contributed by atoms with E-state index in [2.05, 4.69) is 24.4 Å². The average molecular weight is 275 g/mol. The van der Waals surface area contributed by atoms with Crippen LogP contribution in [-0.4, -0.2) is 17.7 Å². The Morgan fingerprint density at radius 2 is 1.89 bits per heavy atom. The first-order chi connectivity index (χ1) is 9.24. The number of benzene rings is 1. The third-order valence-corrected chi connectivity index (χ3v) is 5.22. The Morgan fingerprint density at radius 1 is 1.26 bits per heavy atom. The Morgan fingerprint density at radius 3 is 2.47 bits per heavy atom. The number of carbonyl (C=O) groups excluding carboxylic acids is 1. The van der Waals surface area contributed by atoms with Gasteiger partial charge >= 0.3 is 0 Å². The third kappa shape index (κ3) is 3.53. The average Bonchev–Trinajstić information content (AvgIpc) is 3.28.